The number of ether oxygens (including phenoxy) is 3. The largest absolute Gasteiger partial charge is 0.459 e. The SMILES string of the molecule is CC(=O)O[C@@H](CN1C(=O)c2ccccc2C1=O)CN(C(=O)OC(C)(C)C)c1ccc(N2CCOCC2)c(F)c1. The summed E-state index contributed by atoms with van der Waals surface area (Å²) in [6.45, 7) is 7.66. The number of imide groups is 1. The first-order valence-electron chi connectivity index (χ1n) is 12.7. The van der Waals surface area contributed by atoms with Crippen molar-refractivity contribution >= 4 is 35.3 Å². The molecule has 0 spiro atoms. The van der Waals surface area contributed by atoms with E-state index in [9.17, 15) is 19.2 Å². The number of carbonyl (C=O) groups is 4. The van der Waals surface area contributed by atoms with Crippen molar-refractivity contribution in [3.8, 4) is 0 Å². The smallest absolute Gasteiger partial charge is 0.414 e. The van der Waals surface area contributed by atoms with Gasteiger partial charge in [0.1, 0.15) is 17.5 Å². The molecule has 39 heavy (non-hydrogen) atoms. The molecule has 0 N–H and O–H groups in total. The molecule has 208 valence electrons. The van der Waals surface area contributed by atoms with Gasteiger partial charge in [-0.25, -0.2) is 9.18 Å². The predicted octanol–water partition coefficient (Wildman–Crippen LogP) is 3.63. The van der Waals surface area contributed by atoms with E-state index in [2.05, 4.69) is 0 Å². The van der Waals surface area contributed by atoms with E-state index in [-0.39, 0.29) is 29.9 Å². The lowest BCUT2D eigenvalue weighted by molar-refractivity contribution is -0.146. The average Bonchev–Trinajstić information content (AvgIpc) is 3.11. The van der Waals surface area contributed by atoms with Crippen molar-refractivity contribution < 1.29 is 37.8 Å². The van der Waals surface area contributed by atoms with Gasteiger partial charge in [0.2, 0.25) is 0 Å². The number of halogens is 1. The molecule has 1 saturated heterocycles. The molecule has 0 saturated carbocycles. The van der Waals surface area contributed by atoms with Crippen LogP contribution < -0.4 is 9.80 Å². The Kier molecular flexibility index (Phi) is 8.19. The highest BCUT2D eigenvalue weighted by molar-refractivity contribution is 6.21. The third-order valence-electron chi connectivity index (χ3n) is 6.19. The van der Waals surface area contributed by atoms with E-state index in [4.69, 9.17) is 14.2 Å². The quantitative estimate of drug-likeness (QED) is 0.387. The van der Waals surface area contributed by atoms with E-state index >= 15 is 4.39 Å². The van der Waals surface area contributed by atoms with E-state index in [0.717, 1.165) is 9.80 Å². The van der Waals surface area contributed by atoms with Crippen LogP contribution in [0.5, 0.6) is 0 Å². The normalized spacial score (nSPS) is 16.1. The second kappa shape index (κ2) is 11.4. The molecule has 2 aliphatic heterocycles. The maximum atomic E-state index is 15.3. The fourth-order valence-corrected chi connectivity index (χ4v) is 4.51. The van der Waals surface area contributed by atoms with Crippen LogP contribution in [0.2, 0.25) is 0 Å². The zero-order valence-corrected chi connectivity index (χ0v) is 22.4. The van der Waals surface area contributed by atoms with Crippen LogP contribution in [0.15, 0.2) is 42.5 Å². The number of amides is 3. The van der Waals surface area contributed by atoms with E-state index in [1.54, 1.807) is 57.2 Å². The molecule has 2 aliphatic rings. The maximum absolute atomic E-state index is 15.3. The van der Waals surface area contributed by atoms with Crippen molar-refractivity contribution in [2.75, 3.05) is 49.2 Å². The van der Waals surface area contributed by atoms with Gasteiger partial charge in [0.15, 0.2) is 0 Å². The lowest BCUT2D eigenvalue weighted by Crippen LogP contribution is -2.47. The monoisotopic (exact) mass is 541 g/mol. The fraction of sp³-hybridized carbons (Fsp3) is 0.429. The van der Waals surface area contributed by atoms with Crippen molar-refractivity contribution in [2.24, 2.45) is 0 Å². The summed E-state index contributed by atoms with van der Waals surface area (Å²) in [6.07, 6.45) is -1.92. The van der Waals surface area contributed by atoms with Crippen LogP contribution in [0.1, 0.15) is 48.4 Å². The Morgan fingerprint density at radius 2 is 1.67 bits per heavy atom. The Hall–Kier alpha value is -3.99. The molecule has 2 heterocycles. The minimum Gasteiger partial charge on any atom is -0.459 e. The maximum Gasteiger partial charge on any atom is 0.414 e. The highest BCUT2D eigenvalue weighted by Crippen LogP contribution is 2.28. The number of anilines is 2. The number of carbonyl (C=O) groups excluding carboxylic acids is 4. The van der Waals surface area contributed by atoms with Gasteiger partial charge in [0, 0.05) is 20.0 Å². The number of esters is 1. The Morgan fingerprint density at radius 1 is 1.05 bits per heavy atom. The Balaban J connectivity index is 1.62. The number of hydrogen-bond acceptors (Lipinski definition) is 8. The molecule has 2 aromatic rings. The van der Waals surface area contributed by atoms with Crippen LogP contribution >= 0.6 is 0 Å². The lowest BCUT2D eigenvalue weighted by Gasteiger charge is -2.32. The molecule has 0 bridgehead atoms. The summed E-state index contributed by atoms with van der Waals surface area (Å²) in [5.41, 5.74) is 0.149. The van der Waals surface area contributed by atoms with Crippen molar-refractivity contribution in [1.82, 2.24) is 4.90 Å². The lowest BCUT2D eigenvalue weighted by atomic mass is 10.1. The van der Waals surface area contributed by atoms with Crippen LogP contribution in [-0.2, 0) is 19.0 Å². The van der Waals surface area contributed by atoms with Gasteiger partial charge >= 0.3 is 12.1 Å². The highest BCUT2D eigenvalue weighted by atomic mass is 19.1. The zero-order valence-electron chi connectivity index (χ0n) is 22.4. The molecule has 0 aromatic heterocycles. The van der Waals surface area contributed by atoms with Gasteiger partial charge in [-0.2, -0.15) is 0 Å². The van der Waals surface area contributed by atoms with Crippen LogP contribution in [0.3, 0.4) is 0 Å². The summed E-state index contributed by atoms with van der Waals surface area (Å²) >= 11 is 0. The van der Waals surface area contributed by atoms with Gasteiger partial charge in [0.25, 0.3) is 11.8 Å². The standard InChI is InChI=1S/C28H32FN3O7/c1-18(33)38-20(17-32-25(34)21-7-5-6-8-22(21)26(32)35)16-31(27(36)39-28(2,3)4)19-9-10-24(23(29)15-19)30-11-13-37-14-12-30/h5-10,15,20H,11-14,16-17H2,1-4H3/t20-/m1/s1. The van der Waals surface area contributed by atoms with Gasteiger partial charge < -0.3 is 19.1 Å². The Labute approximate surface area is 226 Å². The molecule has 3 amide bonds. The highest BCUT2D eigenvalue weighted by Gasteiger charge is 2.38. The second-order valence-electron chi connectivity index (χ2n) is 10.3. The van der Waals surface area contributed by atoms with Gasteiger partial charge in [-0.1, -0.05) is 12.1 Å². The molecule has 2 aromatic carbocycles. The zero-order chi connectivity index (χ0) is 28.3. The third kappa shape index (κ3) is 6.54. The summed E-state index contributed by atoms with van der Waals surface area (Å²) in [7, 11) is 0. The Bertz CT molecular complexity index is 1240. The van der Waals surface area contributed by atoms with E-state index in [1.165, 1.54) is 13.0 Å². The number of hydrogen-bond donors (Lipinski definition) is 0. The van der Waals surface area contributed by atoms with Crippen LogP contribution in [0, 0.1) is 5.82 Å². The number of fused-ring (bicyclic) bond motifs is 1. The first-order chi connectivity index (χ1) is 18.4. The summed E-state index contributed by atoms with van der Waals surface area (Å²) < 4.78 is 31.6. The summed E-state index contributed by atoms with van der Waals surface area (Å²) in [5.74, 6) is -2.28. The minimum absolute atomic E-state index is 0.165. The molecular formula is C28H32FN3O7. The van der Waals surface area contributed by atoms with Gasteiger partial charge in [-0.3, -0.25) is 24.2 Å². The number of benzene rings is 2. The van der Waals surface area contributed by atoms with Gasteiger partial charge in [0.05, 0.1) is 48.8 Å². The molecular weight excluding hydrogens is 509 g/mol. The van der Waals surface area contributed by atoms with Crippen molar-refractivity contribution in [3.05, 3.63) is 59.4 Å². The summed E-state index contributed by atoms with van der Waals surface area (Å²) in [5, 5.41) is 0. The predicted molar refractivity (Wildman–Crippen MR) is 140 cm³/mol. The van der Waals surface area contributed by atoms with Gasteiger partial charge in [-0.05, 0) is 51.1 Å². The number of morpholine rings is 1. The first kappa shape index (κ1) is 28.0. The van der Waals surface area contributed by atoms with Crippen LogP contribution in [0.25, 0.3) is 0 Å². The van der Waals surface area contributed by atoms with Crippen molar-refractivity contribution in [3.63, 3.8) is 0 Å². The van der Waals surface area contributed by atoms with E-state index in [0.29, 0.717) is 32.0 Å². The van der Waals surface area contributed by atoms with Crippen LogP contribution in [-0.4, -0.2) is 79.9 Å². The first-order valence-corrected chi connectivity index (χ1v) is 12.7. The van der Waals surface area contributed by atoms with E-state index < -0.39 is 41.4 Å². The molecule has 10 nitrogen and oxygen atoms in total. The molecule has 0 aliphatic carbocycles. The van der Waals surface area contributed by atoms with Crippen molar-refractivity contribution in [1.29, 1.82) is 0 Å². The molecule has 1 fully saturated rings. The number of rotatable bonds is 7. The molecule has 0 unspecified atom stereocenters. The molecule has 1 atom stereocenters. The van der Waals surface area contributed by atoms with E-state index in [1.807, 2.05) is 4.90 Å². The van der Waals surface area contributed by atoms with Crippen LogP contribution in [0.4, 0.5) is 20.6 Å². The third-order valence-corrected chi connectivity index (χ3v) is 6.19. The number of nitrogens with zero attached hydrogens (tertiary/aromatic N) is 3. The van der Waals surface area contributed by atoms with Crippen molar-refractivity contribution in [2.45, 2.75) is 39.4 Å². The Morgan fingerprint density at radius 3 is 2.21 bits per heavy atom. The second-order valence-corrected chi connectivity index (χ2v) is 10.3. The fourth-order valence-electron chi connectivity index (χ4n) is 4.51. The van der Waals surface area contributed by atoms with Gasteiger partial charge in [-0.15, -0.1) is 0 Å². The summed E-state index contributed by atoms with van der Waals surface area (Å²) in [6, 6.07) is 10.7. The minimum atomic E-state index is -1.11. The summed E-state index contributed by atoms with van der Waals surface area (Å²) in [4.78, 5) is 55.1. The molecule has 4 rings (SSSR count). The molecule has 11 heteroatoms. The average molecular weight is 542 g/mol. The molecule has 0 radical (unpaired) electrons. The topological polar surface area (TPSA) is 106 Å².